The van der Waals surface area contributed by atoms with Gasteiger partial charge in [0.2, 0.25) is 0 Å². The smallest absolute Gasteiger partial charge is 0.145 e. The first-order valence-electron chi connectivity index (χ1n) is 8.34. The van der Waals surface area contributed by atoms with E-state index < -0.39 is 5.54 Å². The number of nitrogens with zero attached hydrogens (tertiary/aromatic N) is 2. The van der Waals surface area contributed by atoms with Crippen molar-refractivity contribution in [1.82, 2.24) is 9.97 Å². The van der Waals surface area contributed by atoms with Crippen molar-refractivity contribution in [3.05, 3.63) is 64.6 Å². The molecule has 0 unspecified atom stereocenters. The number of aryl methyl sites for hydroxylation is 1. The summed E-state index contributed by atoms with van der Waals surface area (Å²) in [5.41, 5.74) is 3.04. The van der Waals surface area contributed by atoms with Crippen molar-refractivity contribution in [1.29, 1.82) is 5.41 Å². The van der Waals surface area contributed by atoms with E-state index in [-0.39, 0.29) is 11.6 Å². The topological polar surface area (TPSA) is 76.0 Å². The number of rotatable bonds is 2. The minimum absolute atomic E-state index is 0.110. The number of aromatic nitrogens is 2. The molecule has 0 bridgehead atoms. The number of amidine groups is 1. The molecule has 2 aromatic carbocycles. The zero-order valence-electron chi connectivity index (χ0n) is 14.8. The lowest BCUT2D eigenvalue weighted by molar-refractivity contribution is 0.333. The molecular formula is C20H19ClN4O. The molecule has 1 aliphatic heterocycles. The number of benzene rings is 2. The Labute approximate surface area is 156 Å². The van der Waals surface area contributed by atoms with E-state index in [1.54, 1.807) is 11.0 Å². The predicted molar refractivity (Wildman–Crippen MR) is 106 cm³/mol. The zero-order chi connectivity index (χ0) is 18.6. The Morgan fingerprint density at radius 1 is 1.19 bits per heavy atom. The predicted octanol–water partition coefficient (Wildman–Crippen LogP) is 5.07. The lowest BCUT2D eigenvalue weighted by Crippen LogP contribution is -2.43. The van der Waals surface area contributed by atoms with Gasteiger partial charge in [0.25, 0.3) is 0 Å². The molecule has 0 fully saturated rings. The van der Waals surface area contributed by atoms with Crippen LogP contribution in [-0.2, 0) is 0 Å². The quantitative estimate of drug-likeness (QED) is 0.592. The monoisotopic (exact) mass is 366 g/mol. The minimum Gasteiger partial charge on any atom is -0.509 e. The second-order valence-electron chi connectivity index (χ2n) is 7.06. The largest absolute Gasteiger partial charge is 0.509 e. The van der Waals surface area contributed by atoms with Gasteiger partial charge >= 0.3 is 0 Å². The van der Waals surface area contributed by atoms with Gasteiger partial charge in [-0.05, 0) is 56.7 Å². The number of H-pyrrole nitrogens is 1. The van der Waals surface area contributed by atoms with Gasteiger partial charge in [-0.15, -0.1) is 0 Å². The Morgan fingerprint density at radius 3 is 2.62 bits per heavy atom. The van der Waals surface area contributed by atoms with Crippen LogP contribution in [0.5, 0.6) is 0 Å². The van der Waals surface area contributed by atoms with Crippen LogP contribution in [0.2, 0.25) is 5.02 Å². The highest BCUT2D eigenvalue weighted by atomic mass is 35.5. The number of hydrogen-bond donors (Lipinski definition) is 3. The molecule has 26 heavy (non-hydrogen) atoms. The molecule has 5 nitrogen and oxygen atoms in total. The molecule has 6 heteroatoms. The van der Waals surface area contributed by atoms with Gasteiger partial charge in [0.1, 0.15) is 17.4 Å². The van der Waals surface area contributed by atoms with Gasteiger partial charge in [-0.1, -0.05) is 23.7 Å². The third-order valence-corrected chi connectivity index (χ3v) is 4.97. The summed E-state index contributed by atoms with van der Waals surface area (Å²) in [5.74, 6) is 0.787. The average Bonchev–Trinajstić information content (AvgIpc) is 3.03. The number of imidazole rings is 1. The highest BCUT2D eigenvalue weighted by Gasteiger charge is 2.45. The van der Waals surface area contributed by atoms with Crippen LogP contribution >= 0.6 is 11.6 Å². The van der Waals surface area contributed by atoms with E-state index in [2.05, 4.69) is 9.97 Å². The van der Waals surface area contributed by atoms with Gasteiger partial charge < -0.3 is 15.0 Å². The second-order valence-corrected chi connectivity index (χ2v) is 7.49. The first kappa shape index (κ1) is 16.7. The summed E-state index contributed by atoms with van der Waals surface area (Å²) in [6, 6.07) is 13.3. The van der Waals surface area contributed by atoms with Crippen molar-refractivity contribution >= 4 is 39.7 Å². The van der Waals surface area contributed by atoms with Crippen molar-refractivity contribution in [2.24, 2.45) is 0 Å². The lowest BCUT2D eigenvalue weighted by Gasteiger charge is -2.33. The van der Waals surface area contributed by atoms with E-state index in [9.17, 15) is 5.11 Å². The van der Waals surface area contributed by atoms with Crippen molar-refractivity contribution in [3.8, 4) is 0 Å². The number of aliphatic hydroxyl groups is 1. The highest BCUT2D eigenvalue weighted by molar-refractivity contribution is 6.33. The third kappa shape index (κ3) is 2.39. The molecule has 132 valence electrons. The molecule has 0 atom stereocenters. The summed E-state index contributed by atoms with van der Waals surface area (Å²) in [4.78, 5) is 9.55. The van der Waals surface area contributed by atoms with Gasteiger partial charge in [0.05, 0.1) is 22.1 Å². The number of aromatic amines is 1. The van der Waals surface area contributed by atoms with Crippen molar-refractivity contribution in [2.45, 2.75) is 26.3 Å². The highest BCUT2D eigenvalue weighted by Crippen LogP contribution is 2.42. The van der Waals surface area contributed by atoms with Crippen LogP contribution in [0.3, 0.4) is 0 Å². The first-order chi connectivity index (χ1) is 12.3. The molecule has 0 spiro atoms. The molecule has 2 heterocycles. The van der Waals surface area contributed by atoms with Gasteiger partial charge in [0.15, 0.2) is 0 Å². The number of nitrogens with one attached hydrogen (secondary N) is 2. The molecule has 0 saturated carbocycles. The molecule has 4 rings (SSSR count). The Hall–Kier alpha value is -2.79. The summed E-state index contributed by atoms with van der Waals surface area (Å²) in [7, 11) is 0. The Bertz CT molecular complexity index is 1030. The fraction of sp³-hybridized carbons (Fsp3) is 0.200. The average molecular weight is 367 g/mol. The third-order valence-electron chi connectivity index (χ3n) is 4.75. The van der Waals surface area contributed by atoms with E-state index in [0.29, 0.717) is 16.4 Å². The van der Waals surface area contributed by atoms with Crippen LogP contribution in [0, 0.1) is 12.3 Å². The zero-order valence-corrected chi connectivity index (χ0v) is 15.5. The van der Waals surface area contributed by atoms with E-state index in [1.165, 1.54) is 0 Å². The van der Waals surface area contributed by atoms with Crippen molar-refractivity contribution in [2.75, 3.05) is 4.90 Å². The number of anilines is 1. The molecule has 1 aliphatic rings. The van der Waals surface area contributed by atoms with E-state index in [1.807, 2.05) is 57.2 Å². The number of aliphatic hydroxyl groups excluding tert-OH is 1. The van der Waals surface area contributed by atoms with Gasteiger partial charge in [-0.3, -0.25) is 5.41 Å². The molecule has 1 aromatic heterocycles. The Balaban J connectivity index is 1.86. The standard InChI is InChI=1S/C20H19ClN4O/c1-11-8-12(21)10-13(9-11)25-18(22)16(17(26)20(25,2)3)19-23-14-6-4-5-7-15(14)24-19/h4-10,22,26H,1-3H3,(H,23,24). The maximum Gasteiger partial charge on any atom is 0.145 e. The van der Waals surface area contributed by atoms with Crippen LogP contribution in [0.15, 0.2) is 48.2 Å². The van der Waals surface area contributed by atoms with E-state index >= 15 is 0 Å². The van der Waals surface area contributed by atoms with Crippen molar-refractivity contribution in [3.63, 3.8) is 0 Å². The summed E-state index contributed by atoms with van der Waals surface area (Å²) in [5, 5.41) is 20.3. The Morgan fingerprint density at radius 2 is 1.92 bits per heavy atom. The summed E-state index contributed by atoms with van der Waals surface area (Å²) < 4.78 is 0. The number of halogens is 1. The summed E-state index contributed by atoms with van der Waals surface area (Å²) in [6.07, 6.45) is 0. The van der Waals surface area contributed by atoms with Crippen molar-refractivity contribution < 1.29 is 5.11 Å². The normalized spacial score (nSPS) is 16.8. The fourth-order valence-corrected chi connectivity index (χ4v) is 3.79. The van der Waals surface area contributed by atoms with Crippen LogP contribution in [0.25, 0.3) is 16.6 Å². The summed E-state index contributed by atoms with van der Waals surface area (Å²) in [6.45, 7) is 5.71. The molecule has 3 aromatic rings. The molecule has 0 radical (unpaired) electrons. The van der Waals surface area contributed by atoms with E-state index in [0.717, 1.165) is 22.3 Å². The fourth-order valence-electron chi connectivity index (χ4n) is 3.51. The second kappa shape index (κ2) is 5.61. The Kier molecular flexibility index (Phi) is 3.59. The van der Waals surface area contributed by atoms with Crippen LogP contribution in [-0.4, -0.2) is 26.4 Å². The molecule has 0 saturated heterocycles. The minimum atomic E-state index is -0.789. The summed E-state index contributed by atoms with van der Waals surface area (Å²) >= 11 is 6.22. The van der Waals surface area contributed by atoms with Crippen LogP contribution in [0.1, 0.15) is 25.2 Å². The number of hydrogen-bond acceptors (Lipinski definition) is 3. The maximum absolute atomic E-state index is 10.9. The number of para-hydroxylation sites is 2. The van der Waals surface area contributed by atoms with Gasteiger partial charge in [-0.25, -0.2) is 4.98 Å². The number of fused-ring (bicyclic) bond motifs is 1. The lowest BCUT2D eigenvalue weighted by atomic mass is 10.0. The van der Waals surface area contributed by atoms with Gasteiger partial charge in [0, 0.05) is 10.7 Å². The van der Waals surface area contributed by atoms with Crippen LogP contribution < -0.4 is 4.90 Å². The first-order valence-corrected chi connectivity index (χ1v) is 8.72. The SMILES string of the molecule is Cc1cc(Cl)cc(N2C(=N)C(c3nc4ccccc4[nH]3)=C(O)C2(C)C)c1. The van der Waals surface area contributed by atoms with E-state index in [4.69, 9.17) is 17.0 Å². The molecule has 0 aliphatic carbocycles. The molecule has 3 N–H and O–H groups in total. The van der Waals surface area contributed by atoms with Gasteiger partial charge in [-0.2, -0.15) is 0 Å². The molecule has 0 amide bonds. The maximum atomic E-state index is 10.9. The van der Waals surface area contributed by atoms with Crippen LogP contribution in [0.4, 0.5) is 5.69 Å². The molecular weight excluding hydrogens is 348 g/mol.